The summed E-state index contributed by atoms with van der Waals surface area (Å²) in [6.45, 7) is 5.30. The van der Waals surface area contributed by atoms with E-state index in [1.807, 2.05) is 0 Å². The van der Waals surface area contributed by atoms with E-state index in [0.717, 1.165) is 25.3 Å². The highest BCUT2D eigenvalue weighted by molar-refractivity contribution is 5.77. The predicted molar refractivity (Wildman–Crippen MR) is 97.8 cm³/mol. The molecule has 0 aromatic carbocycles. The maximum absolute atomic E-state index is 5.61. The predicted octanol–water partition coefficient (Wildman–Crippen LogP) is 6.68. The van der Waals surface area contributed by atoms with Gasteiger partial charge in [-0.05, 0) is 12.8 Å². The Morgan fingerprint density at radius 3 is 1.73 bits per heavy atom. The Kier molecular flexibility index (Phi) is 12.5. The zero-order valence-electron chi connectivity index (χ0n) is 15.2. The van der Waals surface area contributed by atoms with Crippen LogP contribution in [0.3, 0.4) is 0 Å². The molecule has 0 unspecified atom stereocenters. The second-order valence-electron chi connectivity index (χ2n) is 6.89. The van der Waals surface area contributed by atoms with Gasteiger partial charge in [-0.25, -0.2) is 4.99 Å². The molecule has 1 rings (SSSR count). The molecule has 0 aromatic rings. The van der Waals surface area contributed by atoms with E-state index in [0.29, 0.717) is 6.04 Å². The van der Waals surface area contributed by atoms with Crippen LogP contribution in [0.15, 0.2) is 4.99 Å². The Hall–Kier alpha value is -0.530. The topological polar surface area (TPSA) is 21.6 Å². The van der Waals surface area contributed by atoms with Gasteiger partial charge in [-0.2, -0.15) is 0 Å². The van der Waals surface area contributed by atoms with E-state index in [9.17, 15) is 0 Å². The van der Waals surface area contributed by atoms with Crippen LogP contribution in [0, 0.1) is 0 Å². The van der Waals surface area contributed by atoms with Crippen molar-refractivity contribution in [3.63, 3.8) is 0 Å². The summed E-state index contributed by atoms with van der Waals surface area (Å²) < 4.78 is 5.61. The zero-order valence-corrected chi connectivity index (χ0v) is 15.2. The third-order valence-electron chi connectivity index (χ3n) is 4.73. The lowest BCUT2D eigenvalue weighted by molar-refractivity contribution is 0.306. The van der Waals surface area contributed by atoms with Crippen LogP contribution >= 0.6 is 0 Å². The average Bonchev–Trinajstić information content (AvgIpc) is 3.00. The maximum atomic E-state index is 5.61. The van der Waals surface area contributed by atoms with Crippen LogP contribution in [0.4, 0.5) is 0 Å². The Morgan fingerprint density at radius 1 is 0.773 bits per heavy atom. The number of nitrogens with zero attached hydrogens (tertiary/aromatic N) is 1. The van der Waals surface area contributed by atoms with Gasteiger partial charge in [0.25, 0.3) is 0 Å². The molecule has 130 valence electrons. The van der Waals surface area contributed by atoms with E-state index >= 15 is 0 Å². The average molecular weight is 310 g/mol. The third kappa shape index (κ3) is 10.2. The molecule has 0 saturated heterocycles. The molecule has 0 aromatic heterocycles. The third-order valence-corrected chi connectivity index (χ3v) is 4.73. The largest absolute Gasteiger partial charge is 0.479 e. The first-order valence-corrected chi connectivity index (χ1v) is 10.1. The molecule has 0 N–H and O–H groups in total. The Balaban J connectivity index is 1.75. The number of aliphatic imine (C=N–C) groups is 1. The van der Waals surface area contributed by atoms with E-state index in [1.165, 1.54) is 83.5 Å². The molecule has 0 saturated carbocycles. The van der Waals surface area contributed by atoms with Crippen LogP contribution in [0.25, 0.3) is 0 Å². The van der Waals surface area contributed by atoms with Crippen molar-refractivity contribution in [1.82, 2.24) is 0 Å². The summed E-state index contributed by atoms with van der Waals surface area (Å²) >= 11 is 0. The summed E-state index contributed by atoms with van der Waals surface area (Å²) in [7, 11) is 0. The van der Waals surface area contributed by atoms with Crippen LogP contribution < -0.4 is 0 Å². The van der Waals surface area contributed by atoms with Crippen molar-refractivity contribution >= 4 is 5.90 Å². The highest BCUT2D eigenvalue weighted by atomic mass is 16.5. The van der Waals surface area contributed by atoms with Crippen molar-refractivity contribution in [2.45, 2.75) is 116 Å². The summed E-state index contributed by atoms with van der Waals surface area (Å²) in [6.07, 6.45) is 20.5. The van der Waals surface area contributed by atoms with Crippen molar-refractivity contribution in [1.29, 1.82) is 0 Å². The lowest BCUT2D eigenvalue weighted by Crippen LogP contribution is -2.03. The van der Waals surface area contributed by atoms with Crippen LogP contribution in [-0.4, -0.2) is 18.5 Å². The SMILES string of the molecule is CCCCCCCCCCCCCCCC1=N[C@@H](CC)CO1. The van der Waals surface area contributed by atoms with Crippen molar-refractivity contribution in [3.05, 3.63) is 0 Å². The lowest BCUT2D eigenvalue weighted by Gasteiger charge is -2.03. The van der Waals surface area contributed by atoms with Gasteiger partial charge >= 0.3 is 0 Å². The van der Waals surface area contributed by atoms with Crippen molar-refractivity contribution in [2.75, 3.05) is 6.61 Å². The molecular formula is C20H39NO. The van der Waals surface area contributed by atoms with Gasteiger partial charge in [0.1, 0.15) is 6.61 Å². The molecule has 0 amide bonds. The fourth-order valence-electron chi connectivity index (χ4n) is 3.11. The van der Waals surface area contributed by atoms with Gasteiger partial charge in [0.05, 0.1) is 6.04 Å². The van der Waals surface area contributed by atoms with Gasteiger partial charge in [0.2, 0.25) is 0 Å². The molecule has 1 heterocycles. The normalized spacial score (nSPS) is 17.5. The molecule has 0 radical (unpaired) electrons. The van der Waals surface area contributed by atoms with Crippen LogP contribution in [0.2, 0.25) is 0 Å². The Bertz CT molecular complexity index is 275. The van der Waals surface area contributed by atoms with Gasteiger partial charge in [-0.1, -0.05) is 90.9 Å². The molecule has 0 bridgehead atoms. The second kappa shape index (κ2) is 14.1. The van der Waals surface area contributed by atoms with E-state index in [-0.39, 0.29) is 0 Å². The number of hydrogen-bond donors (Lipinski definition) is 0. The lowest BCUT2D eigenvalue weighted by atomic mass is 10.0. The van der Waals surface area contributed by atoms with Gasteiger partial charge in [-0.3, -0.25) is 0 Å². The molecule has 2 heteroatoms. The fraction of sp³-hybridized carbons (Fsp3) is 0.950. The molecule has 0 aliphatic carbocycles. The first-order valence-electron chi connectivity index (χ1n) is 10.1. The van der Waals surface area contributed by atoms with E-state index in [2.05, 4.69) is 18.8 Å². The van der Waals surface area contributed by atoms with E-state index < -0.39 is 0 Å². The van der Waals surface area contributed by atoms with Crippen molar-refractivity contribution in [3.8, 4) is 0 Å². The number of rotatable bonds is 15. The summed E-state index contributed by atoms with van der Waals surface area (Å²) in [4.78, 5) is 4.60. The molecular weight excluding hydrogens is 270 g/mol. The number of ether oxygens (including phenoxy) is 1. The van der Waals surface area contributed by atoms with E-state index in [4.69, 9.17) is 4.74 Å². The fourth-order valence-corrected chi connectivity index (χ4v) is 3.11. The quantitative estimate of drug-likeness (QED) is 0.309. The highest BCUT2D eigenvalue weighted by Crippen LogP contribution is 2.15. The second-order valence-corrected chi connectivity index (χ2v) is 6.89. The minimum absolute atomic E-state index is 0.442. The smallest absolute Gasteiger partial charge is 0.183 e. The first kappa shape index (κ1) is 19.5. The molecule has 0 fully saturated rings. The van der Waals surface area contributed by atoms with Gasteiger partial charge in [-0.15, -0.1) is 0 Å². The van der Waals surface area contributed by atoms with Gasteiger partial charge in [0.15, 0.2) is 5.90 Å². The standard InChI is InChI=1S/C20H39NO/c1-3-5-6-7-8-9-10-11-12-13-14-15-16-17-20-21-19(4-2)18-22-20/h19H,3-18H2,1-2H3/t19-/m0/s1. The Morgan fingerprint density at radius 2 is 1.27 bits per heavy atom. The molecule has 1 atom stereocenters. The molecule has 2 nitrogen and oxygen atoms in total. The van der Waals surface area contributed by atoms with Crippen molar-refractivity contribution in [2.24, 2.45) is 4.99 Å². The van der Waals surface area contributed by atoms with Crippen LogP contribution in [0.5, 0.6) is 0 Å². The molecule has 1 aliphatic rings. The molecule has 22 heavy (non-hydrogen) atoms. The monoisotopic (exact) mass is 309 g/mol. The van der Waals surface area contributed by atoms with Crippen molar-refractivity contribution < 1.29 is 4.74 Å². The number of hydrogen-bond acceptors (Lipinski definition) is 2. The van der Waals surface area contributed by atoms with Crippen LogP contribution in [0.1, 0.15) is 110 Å². The summed E-state index contributed by atoms with van der Waals surface area (Å²) in [5, 5.41) is 0. The number of unbranched alkanes of at least 4 members (excludes halogenated alkanes) is 12. The summed E-state index contributed by atoms with van der Waals surface area (Å²) in [6, 6.07) is 0.442. The summed E-state index contributed by atoms with van der Waals surface area (Å²) in [5.74, 6) is 1.02. The first-order chi connectivity index (χ1) is 10.9. The molecule has 0 spiro atoms. The Labute approximate surface area is 139 Å². The van der Waals surface area contributed by atoms with Gasteiger partial charge in [0, 0.05) is 6.42 Å². The van der Waals surface area contributed by atoms with Crippen LogP contribution in [-0.2, 0) is 4.74 Å². The van der Waals surface area contributed by atoms with Gasteiger partial charge < -0.3 is 4.74 Å². The highest BCUT2D eigenvalue weighted by Gasteiger charge is 2.15. The minimum atomic E-state index is 0.442. The zero-order chi connectivity index (χ0) is 15.9. The summed E-state index contributed by atoms with van der Waals surface area (Å²) in [5.41, 5.74) is 0. The van der Waals surface area contributed by atoms with E-state index in [1.54, 1.807) is 0 Å². The minimum Gasteiger partial charge on any atom is -0.479 e. The maximum Gasteiger partial charge on any atom is 0.183 e. The molecule has 1 aliphatic heterocycles.